The Morgan fingerprint density at radius 1 is 1.19 bits per heavy atom. The number of hydrogen-bond acceptors (Lipinski definition) is 3. The molecule has 1 rings (SSSR count). The fourth-order valence-electron chi connectivity index (χ4n) is 1.47. The Morgan fingerprint density at radius 2 is 1.94 bits per heavy atom. The minimum Gasteiger partial charge on any atom is -0.392 e. The van der Waals surface area contributed by atoms with E-state index in [1.54, 1.807) is 0 Å². The smallest absolute Gasteiger partial charge is 0.0716 e. The molecule has 1 atom stereocenters. The van der Waals surface area contributed by atoms with Crippen LogP contribution in [0, 0.1) is 0 Å². The SMILES string of the molecule is NCC(O)CCCCOCc1ccccc1. The van der Waals surface area contributed by atoms with Gasteiger partial charge in [0.15, 0.2) is 0 Å². The normalized spacial score (nSPS) is 12.6. The van der Waals surface area contributed by atoms with E-state index in [1.165, 1.54) is 5.56 Å². The molecular formula is C13H21NO2. The Labute approximate surface area is 97.2 Å². The third-order valence-electron chi connectivity index (χ3n) is 2.46. The number of nitrogens with two attached hydrogens (primary N) is 1. The van der Waals surface area contributed by atoms with Crippen LogP contribution in [-0.2, 0) is 11.3 Å². The van der Waals surface area contributed by atoms with Crippen LogP contribution in [0.2, 0.25) is 0 Å². The van der Waals surface area contributed by atoms with Crippen molar-refractivity contribution >= 4 is 0 Å². The third-order valence-corrected chi connectivity index (χ3v) is 2.46. The van der Waals surface area contributed by atoms with Gasteiger partial charge in [-0.15, -0.1) is 0 Å². The van der Waals surface area contributed by atoms with E-state index in [1.807, 2.05) is 18.2 Å². The molecule has 0 aromatic heterocycles. The van der Waals surface area contributed by atoms with Crippen LogP contribution in [0.3, 0.4) is 0 Å². The van der Waals surface area contributed by atoms with Gasteiger partial charge in [0.2, 0.25) is 0 Å². The second-order valence-corrected chi connectivity index (χ2v) is 3.92. The second-order valence-electron chi connectivity index (χ2n) is 3.92. The molecule has 0 amide bonds. The first-order valence-corrected chi connectivity index (χ1v) is 5.82. The summed E-state index contributed by atoms with van der Waals surface area (Å²) < 4.78 is 5.52. The van der Waals surface area contributed by atoms with E-state index < -0.39 is 0 Å². The van der Waals surface area contributed by atoms with E-state index in [9.17, 15) is 5.11 Å². The van der Waals surface area contributed by atoms with Crippen LogP contribution in [0.15, 0.2) is 30.3 Å². The molecule has 0 aliphatic carbocycles. The lowest BCUT2D eigenvalue weighted by molar-refractivity contribution is 0.110. The summed E-state index contributed by atoms with van der Waals surface area (Å²) in [7, 11) is 0. The molecule has 1 aromatic rings. The molecule has 90 valence electrons. The van der Waals surface area contributed by atoms with E-state index in [0.717, 1.165) is 25.9 Å². The van der Waals surface area contributed by atoms with Crippen LogP contribution in [0.25, 0.3) is 0 Å². The van der Waals surface area contributed by atoms with Gasteiger partial charge in [-0.2, -0.15) is 0 Å². The van der Waals surface area contributed by atoms with Gasteiger partial charge < -0.3 is 15.6 Å². The highest BCUT2D eigenvalue weighted by atomic mass is 16.5. The molecular weight excluding hydrogens is 202 g/mol. The Kier molecular flexibility index (Phi) is 6.81. The summed E-state index contributed by atoms with van der Waals surface area (Å²) >= 11 is 0. The fraction of sp³-hybridized carbons (Fsp3) is 0.538. The maximum atomic E-state index is 9.23. The van der Waals surface area contributed by atoms with E-state index >= 15 is 0 Å². The van der Waals surface area contributed by atoms with Gasteiger partial charge in [-0.3, -0.25) is 0 Å². The van der Waals surface area contributed by atoms with E-state index in [0.29, 0.717) is 13.2 Å². The number of aliphatic hydroxyl groups excluding tert-OH is 1. The number of unbranched alkanes of at least 4 members (excludes halogenated alkanes) is 1. The van der Waals surface area contributed by atoms with Gasteiger partial charge in [0.25, 0.3) is 0 Å². The highest BCUT2D eigenvalue weighted by molar-refractivity contribution is 5.13. The maximum absolute atomic E-state index is 9.23. The Balaban J connectivity index is 1.96. The lowest BCUT2D eigenvalue weighted by Gasteiger charge is -2.07. The van der Waals surface area contributed by atoms with Crippen molar-refractivity contribution in [2.45, 2.75) is 32.0 Å². The largest absolute Gasteiger partial charge is 0.392 e. The number of benzene rings is 1. The zero-order valence-electron chi connectivity index (χ0n) is 9.64. The molecule has 0 aliphatic rings. The van der Waals surface area contributed by atoms with Crippen molar-refractivity contribution in [2.75, 3.05) is 13.2 Å². The topological polar surface area (TPSA) is 55.5 Å². The summed E-state index contributed by atoms with van der Waals surface area (Å²) in [6, 6.07) is 10.1. The van der Waals surface area contributed by atoms with Gasteiger partial charge in [-0.1, -0.05) is 30.3 Å². The molecule has 3 heteroatoms. The average molecular weight is 223 g/mol. The lowest BCUT2D eigenvalue weighted by Crippen LogP contribution is -2.19. The van der Waals surface area contributed by atoms with Gasteiger partial charge >= 0.3 is 0 Å². The molecule has 0 bridgehead atoms. The van der Waals surface area contributed by atoms with Crippen molar-refractivity contribution in [3.05, 3.63) is 35.9 Å². The van der Waals surface area contributed by atoms with Crippen LogP contribution < -0.4 is 5.73 Å². The van der Waals surface area contributed by atoms with Gasteiger partial charge in [0.05, 0.1) is 12.7 Å². The Hall–Kier alpha value is -0.900. The molecule has 3 nitrogen and oxygen atoms in total. The summed E-state index contributed by atoms with van der Waals surface area (Å²) in [6.07, 6.45) is 2.36. The highest BCUT2D eigenvalue weighted by Crippen LogP contribution is 2.03. The van der Waals surface area contributed by atoms with Crippen molar-refractivity contribution < 1.29 is 9.84 Å². The summed E-state index contributed by atoms with van der Waals surface area (Å²) in [5.41, 5.74) is 6.51. The van der Waals surface area contributed by atoms with Gasteiger partial charge in [-0.25, -0.2) is 0 Å². The Bertz CT molecular complexity index is 264. The second kappa shape index (κ2) is 8.28. The fourth-order valence-corrected chi connectivity index (χ4v) is 1.47. The molecule has 0 saturated carbocycles. The van der Waals surface area contributed by atoms with Crippen molar-refractivity contribution in [3.8, 4) is 0 Å². The molecule has 0 radical (unpaired) electrons. The zero-order chi connectivity index (χ0) is 11.6. The highest BCUT2D eigenvalue weighted by Gasteiger charge is 1.99. The first-order chi connectivity index (χ1) is 7.83. The first-order valence-electron chi connectivity index (χ1n) is 5.82. The van der Waals surface area contributed by atoms with Gasteiger partial charge in [0.1, 0.15) is 0 Å². The standard InChI is InChI=1S/C13H21NO2/c14-10-13(15)8-4-5-9-16-11-12-6-2-1-3-7-12/h1-3,6-7,13,15H,4-5,8-11,14H2. The average Bonchev–Trinajstić information content (AvgIpc) is 2.34. The van der Waals surface area contributed by atoms with Crippen molar-refractivity contribution in [3.63, 3.8) is 0 Å². The Morgan fingerprint density at radius 3 is 2.62 bits per heavy atom. The molecule has 0 spiro atoms. The predicted molar refractivity (Wildman–Crippen MR) is 65.0 cm³/mol. The molecule has 0 aliphatic heterocycles. The third kappa shape index (κ3) is 5.85. The molecule has 3 N–H and O–H groups in total. The maximum Gasteiger partial charge on any atom is 0.0716 e. The number of rotatable bonds is 8. The summed E-state index contributed by atoms with van der Waals surface area (Å²) in [4.78, 5) is 0. The van der Waals surface area contributed by atoms with Crippen molar-refractivity contribution in [2.24, 2.45) is 5.73 Å². The molecule has 1 aromatic carbocycles. The van der Waals surface area contributed by atoms with Crippen molar-refractivity contribution in [1.82, 2.24) is 0 Å². The minimum atomic E-state index is -0.353. The van der Waals surface area contributed by atoms with E-state index in [-0.39, 0.29) is 6.10 Å². The monoisotopic (exact) mass is 223 g/mol. The number of aliphatic hydroxyl groups is 1. The van der Waals surface area contributed by atoms with Crippen molar-refractivity contribution in [1.29, 1.82) is 0 Å². The summed E-state index contributed by atoms with van der Waals surface area (Å²) in [5, 5.41) is 9.23. The van der Waals surface area contributed by atoms with Crippen LogP contribution in [0.5, 0.6) is 0 Å². The molecule has 1 unspecified atom stereocenters. The number of hydrogen-bond donors (Lipinski definition) is 2. The predicted octanol–water partition coefficient (Wildman–Crippen LogP) is 1.69. The van der Waals surface area contributed by atoms with E-state index in [2.05, 4.69) is 12.1 Å². The summed E-state index contributed by atoms with van der Waals surface area (Å²) in [5.74, 6) is 0. The van der Waals surface area contributed by atoms with Crippen LogP contribution in [0.1, 0.15) is 24.8 Å². The first kappa shape index (κ1) is 13.2. The lowest BCUT2D eigenvalue weighted by atomic mass is 10.1. The van der Waals surface area contributed by atoms with Gasteiger partial charge in [-0.05, 0) is 24.8 Å². The van der Waals surface area contributed by atoms with Gasteiger partial charge in [0, 0.05) is 13.2 Å². The molecule has 0 fully saturated rings. The van der Waals surface area contributed by atoms with Crippen LogP contribution >= 0.6 is 0 Å². The van der Waals surface area contributed by atoms with E-state index in [4.69, 9.17) is 10.5 Å². The minimum absolute atomic E-state index is 0.352. The molecule has 0 heterocycles. The van der Waals surface area contributed by atoms with Crippen LogP contribution in [-0.4, -0.2) is 24.4 Å². The summed E-state index contributed by atoms with van der Waals surface area (Å²) in [6.45, 7) is 1.76. The quantitative estimate of drug-likeness (QED) is 0.659. The zero-order valence-corrected chi connectivity index (χ0v) is 9.64. The molecule has 0 saturated heterocycles. The molecule has 16 heavy (non-hydrogen) atoms. The number of ether oxygens (including phenoxy) is 1. The van der Waals surface area contributed by atoms with Crippen LogP contribution in [0.4, 0.5) is 0 Å².